The number of benzene rings is 1. The Bertz CT molecular complexity index is 556. The second-order valence-corrected chi connectivity index (χ2v) is 3.79. The molecule has 0 saturated heterocycles. The third-order valence-electron chi connectivity index (χ3n) is 2.58. The van der Waals surface area contributed by atoms with E-state index in [0.717, 1.165) is 5.56 Å². The predicted molar refractivity (Wildman–Crippen MR) is 77.8 cm³/mol. The molecule has 0 atom stereocenters. The predicted octanol–water partition coefficient (Wildman–Crippen LogP) is 3.90. The van der Waals surface area contributed by atoms with Crippen LogP contribution in [0.25, 0.3) is 0 Å². The molecule has 2 rings (SSSR count). The largest absolute Gasteiger partial charge is 0.473 e. The maximum atomic E-state index is 10.9. The summed E-state index contributed by atoms with van der Waals surface area (Å²) < 4.78 is 5.45. The lowest BCUT2D eigenvalue weighted by atomic mass is 10.1. The Morgan fingerprint density at radius 3 is 2.55 bits per heavy atom. The van der Waals surface area contributed by atoms with E-state index in [-0.39, 0.29) is 12.3 Å². The summed E-state index contributed by atoms with van der Waals surface area (Å²) in [6, 6.07) is 10.3. The Morgan fingerprint density at radius 1 is 1.20 bits per heavy atom. The molecule has 0 saturated carbocycles. The standard InChI is InChI=1S/C13H12N2O3.C2H6/c1-10-5-4-6-12(15(16)17)11(10)9-18-13-7-2-3-8-14-13;1-2/h2-8H,9H2,1H3;1-2H3. The molecule has 0 radical (unpaired) electrons. The fourth-order valence-electron chi connectivity index (χ4n) is 1.62. The molecule has 1 aromatic carbocycles. The van der Waals surface area contributed by atoms with Crippen molar-refractivity contribution in [1.82, 2.24) is 4.98 Å². The van der Waals surface area contributed by atoms with E-state index in [1.807, 2.05) is 26.8 Å². The zero-order valence-corrected chi connectivity index (χ0v) is 11.9. The average Bonchev–Trinajstić information content (AvgIpc) is 2.49. The molecule has 0 aliphatic heterocycles. The molecule has 106 valence electrons. The van der Waals surface area contributed by atoms with Gasteiger partial charge in [0.2, 0.25) is 5.88 Å². The van der Waals surface area contributed by atoms with Crippen molar-refractivity contribution in [2.75, 3.05) is 0 Å². The summed E-state index contributed by atoms with van der Waals surface area (Å²) in [5, 5.41) is 10.9. The number of nitro benzene ring substituents is 1. The number of nitro groups is 1. The molecule has 0 spiro atoms. The van der Waals surface area contributed by atoms with E-state index in [9.17, 15) is 10.1 Å². The SMILES string of the molecule is CC.Cc1cccc([N+](=O)[O-])c1COc1ccccn1. The molecular weight excluding hydrogens is 256 g/mol. The maximum Gasteiger partial charge on any atom is 0.276 e. The number of rotatable bonds is 4. The Morgan fingerprint density at radius 2 is 1.95 bits per heavy atom. The summed E-state index contributed by atoms with van der Waals surface area (Å²) in [5.41, 5.74) is 1.49. The van der Waals surface area contributed by atoms with Crippen molar-refractivity contribution < 1.29 is 9.66 Å². The van der Waals surface area contributed by atoms with Crippen LogP contribution in [-0.4, -0.2) is 9.91 Å². The van der Waals surface area contributed by atoms with Crippen molar-refractivity contribution >= 4 is 5.69 Å². The van der Waals surface area contributed by atoms with Crippen LogP contribution in [0.5, 0.6) is 5.88 Å². The van der Waals surface area contributed by atoms with Crippen molar-refractivity contribution in [2.24, 2.45) is 0 Å². The zero-order chi connectivity index (χ0) is 15.0. The molecular formula is C15H18N2O3. The van der Waals surface area contributed by atoms with Gasteiger partial charge in [-0.3, -0.25) is 10.1 Å². The molecule has 0 N–H and O–H groups in total. The molecule has 5 heteroatoms. The molecule has 0 fully saturated rings. The van der Waals surface area contributed by atoms with Crippen LogP contribution in [0.1, 0.15) is 25.0 Å². The molecule has 0 amide bonds. The van der Waals surface area contributed by atoms with Crippen LogP contribution in [0, 0.1) is 17.0 Å². The molecule has 2 aromatic rings. The van der Waals surface area contributed by atoms with Gasteiger partial charge in [-0.05, 0) is 18.6 Å². The Balaban J connectivity index is 0.000000956. The van der Waals surface area contributed by atoms with E-state index in [2.05, 4.69) is 4.98 Å². The van der Waals surface area contributed by atoms with Crippen LogP contribution < -0.4 is 4.74 Å². The summed E-state index contributed by atoms with van der Waals surface area (Å²) in [7, 11) is 0. The summed E-state index contributed by atoms with van der Waals surface area (Å²) >= 11 is 0. The first-order chi connectivity index (χ1) is 9.68. The number of nitrogens with zero attached hydrogens (tertiary/aromatic N) is 2. The van der Waals surface area contributed by atoms with Gasteiger partial charge in [0.05, 0.1) is 10.5 Å². The smallest absolute Gasteiger partial charge is 0.276 e. The summed E-state index contributed by atoms with van der Waals surface area (Å²) in [6.07, 6.45) is 1.61. The van der Waals surface area contributed by atoms with Gasteiger partial charge in [0.15, 0.2) is 0 Å². The average molecular weight is 274 g/mol. The highest BCUT2D eigenvalue weighted by atomic mass is 16.6. The molecule has 1 heterocycles. The van der Waals surface area contributed by atoms with E-state index in [4.69, 9.17) is 4.74 Å². The zero-order valence-electron chi connectivity index (χ0n) is 11.9. The van der Waals surface area contributed by atoms with Crippen molar-refractivity contribution in [3.05, 3.63) is 63.8 Å². The topological polar surface area (TPSA) is 65.3 Å². The highest BCUT2D eigenvalue weighted by Crippen LogP contribution is 2.23. The number of aryl methyl sites for hydroxylation is 1. The highest BCUT2D eigenvalue weighted by Gasteiger charge is 2.15. The lowest BCUT2D eigenvalue weighted by Gasteiger charge is -2.08. The molecule has 0 aliphatic rings. The molecule has 0 bridgehead atoms. The number of pyridine rings is 1. The minimum atomic E-state index is -0.399. The third-order valence-corrected chi connectivity index (χ3v) is 2.58. The molecule has 20 heavy (non-hydrogen) atoms. The van der Waals surface area contributed by atoms with Gasteiger partial charge in [0, 0.05) is 18.3 Å². The van der Waals surface area contributed by atoms with Crippen LogP contribution in [-0.2, 0) is 6.61 Å². The van der Waals surface area contributed by atoms with Gasteiger partial charge >= 0.3 is 0 Å². The fraction of sp³-hybridized carbons (Fsp3) is 0.267. The van der Waals surface area contributed by atoms with Gasteiger partial charge in [-0.15, -0.1) is 0 Å². The van der Waals surface area contributed by atoms with Gasteiger partial charge in [-0.1, -0.05) is 32.0 Å². The fourth-order valence-corrected chi connectivity index (χ4v) is 1.62. The highest BCUT2D eigenvalue weighted by molar-refractivity contribution is 5.44. The van der Waals surface area contributed by atoms with Crippen molar-refractivity contribution in [3.63, 3.8) is 0 Å². The third kappa shape index (κ3) is 4.05. The van der Waals surface area contributed by atoms with Crippen LogP contribution in [0.15, 0.2) is 42.6 Å². The van der Waals surface area contributed by atoms with Crippen molar-refractivity contribution in [2.45, 2.75) is 27.4 Å². The number of hydrogen-bond donors (Lipinski definition) is 0. The van der Waals surface area contributed by atoms with Crippen LogP contribution in [0.2, 0.25) is 0 Å². The molecule has 5 nitrogen and oxygen atoms in total. The minimum Gasteiger partial charge on any atom is -0.473 e. The van der Waals surface area contributed by atoms with Crippen LogP contribution >= 0.6 is 0 Å². The first-order valence-electron chi connectivity index (χ1n) is 6.45. The van der Waals surface area contributed by atoms with E-state index in [1.54, 1.807) is 30.5 Å². The van der Waals surface area contributed by atoms with E-state index >= 15 is 0 Å². The number of aromatic nitrogens is 1. The second kappa shape index (κ2) is 7.89. The van der Waals surface area contributed by atoms with Crippen molar-refractivity contribution in [1.29, 1.82) is 0 Å². The first kappa shape index (κ1) is 15.6. The van der Waals surface area contributed by atoms with Crippen LogP contribution in [0.3, 0.4) is 0 Å². The van der Waals surface area contributed by atoms with E-state index < -0.39 is 4.92 Å². The first-order valence-corrected chi connectivity index (χ1v) is 6.45. The molecule has 0 unspecified atom stereocenters. The van der Waals surface area contributed by atoms with E-state index in [0.29, 0.717) is 11.4 Å². The van der Waals surface area contributed by atoms with Gasteiger partial charge in [-0.2, -0.15) is 0 Å². The quantitative estimate of drug-likeness (QED) is 0.626. The lowest BCUT2D eigenvalue weighted by Crippen LogP contribution is -2.03. The normalized spacial score (nSPS) is 9.35. The Labute approximate surface area is 118 Å². The monoisotopic (exact) mass is 274 g/mol. The second-order valence-electron chi connectivity index (χ2n) is 3.79. The molecule has 1 aromatic heterocycles. The Hall–Kier alpha value is -2.43. The minimum absolute atomic E-state index is 0.0749. The summed E-state index contributed by atoms with van der Waals surface area (Å²) in [4.78, 5) is 14.5. The molecule has 0 aliphatic carbocycles. The van der Waals surface area contributed by atoms with Gasteiger partial charge in [0.1, 0.15) is 6.61 Å². The lowest BCUT2D eigenvalue weighted by molar-refractivity contribution is -0.385. The van der Waals surface area contributed by atoms with Gasteiger partial charge in [-0.25, -0.2) is 4.98 Å². The number of ether oxygens (including phenoxy) is 1. The summed E-state index contributed by atoms with van der Waals surface area (Å²) in [5.74, 6) is 0.454. The Kier molecular flexibility index (Phi) is 6.16. The van der Waals surface area contributed by atoms with Gasteiger partial charge < -0.3 is 4.74 Å². The van der Waals surface area contributed by atoms with E-state index in [1.165, 1.54) is 6.07 Å². The maximum absolute atomic E-state index is 10.9. The summed E-state index contributed by atoms with van der Waals surface area (Å²) in [6.45, 7) is 5.96. The van der Waals surface area contributed by atoms with Crippen LogP contribution in [0.4, 0.5) is 5.69 Å². The number of hydrogen-bond acceptors (Lipinski definition) is 4. The van der Waals surface area contributed by atoms with Crippen molar-refractivity contribution in [3.8, 4) is 5.88 Å². The van der Waals surface area contributed by atoms with Gasteiger partial charge in [0.25, 0.3) is 5.69 Å².